The van der Waals surface area contributed by atoms with Gasteiger partial charge in [0.1, 0.15) is 5.69 Å². The highest BCUT2D eigenvalue weighted by molar-refractivity contribution is 6.02. The number of carboxylic acids is 1. The zero-order valence-electron chi connectivity index (χ0n) is 8.72. The largest absolute Gasteiger partial charge is 0.477 e. The monoisotopic (exact) mass is 236 g/mol. The smallest absolute Gasteiger partial charge is 0.353 e. The third kappa shape index (κ3) is 2.30. The molecule has 2 heterocycles. The first-order valence-corrected chi connectivity index (χ1v) is 4.59. The minimum absolute atomic E-state index is 0.0300. The molecule has 88 valence electrons. The normalized spacial score (nSPS) is 10.2. The molecule has 8 heteroatoms. The minimum Gasteiger partial charge on any atom is -0.477 e. The van der Waals surface area contributed by atoms with E-state index in [0.29, 0.717) is 5.69 Å². The molecule has 0 aliphatic carbocycles. The quantitative estimate of drug-likeness (QED) is 0.719. The molecule has 0 aliphatic rings. The van der Waals surface area contributed by atoms with Crippen LogP contribution in [0, 0.1) is 6.92 Å². The molecule has 0 radical (unpaired) electrons. The van der Waals surface area contributed by atoms with Crippen LogP contribution in [-0.4, -0.2) is 32.3 Å². The Bertz CT molecular complexity index is 571. The first-order chi connectivity index (χ1) is 8.06. The number of carbonyl (C=O) groups is 2. The van der Waals surface area contributed by atoms with Crippen molar-refractivity contribution in [2.24, 2.45) is 0 Å². The summed E-state index contributed by atoms with van der Waals surface area (Å²) in [6.07, 6.45) is 0. The van der Waals surface area contributed by atoms with Crippen LogP contribution in [0.4, 0.5) is 5.82 Å². The molecule has 0 fully saturated rings. The molecule has 0 unspecified atom stereocenters. The Morgan fingerprint density at radius 2 is 2.24 bits per heavy atom. The van der Waals surface area contributed by atoms with Gasteiger partial charge in [0.05, 0.1) is 5.69 Å². The van der Waals surface area contributed by atoms with E-state index in [1.54, 1.807) is 6.92 Å². The summed E-state index contributed by atoms with van der Waals surface area (Å²) in [7, 11) is 0. The summed E-state index contributed by atoms with van der Waals surface area (Å²) in [6.45, 7) is 1.68. The van der Waals surface area contributed by atoms with Gasteiger partial charge in [0.2, 0.25) is 5.76 Å². The second kappa shape index (κ2) is 4.08. The number of H-pyrrole nitrogens is 1. The van der Waals surface area contributed by atoms with Gasteiger partial charge in [-0.25, -0.2) is 4.79 Å². The van der Waals surface area contributed by atoms with Crippen LogP contribution in [0.3, 0.4) is 0 Å². The maximum atomic E-state index is 11.6. The predicted octanol–water partition coefficient (Wildman–Crippen LogP) is 0.657. The van der Waals surface area contributed by atoms with Gasteiger partial charge in [0, 0.05) is 12.1 Å². The number of hydrogen-bond donors (Lipinski definition) is 3. The summed E-state index contributed by atoms with van der Waals surface area (Å²) in [5.74, 6) is -1.58. The molecular formula is C9H8N4O4. The topological polar surface area (TPSA) is 121 Å². The number of amides is 1. The van der Waals surface area contributed by atoms with Crippen molar-refractivity contribution in [3.05, 3.63) is 29.3 Å². The molecule has 3 N–H and O–H groups in total. The highest BCUT2D eigenvalue weighted by Crippen LogP contribution is 2.09. The van der Waals surface area contributed by atoms with Gasteiger partial charge < -0.3 is 14.9 Å². The molecule has 2 aromatic heterocycles. The molecular weight excluding hydrogens is 228 g/mol. The lowest BCUT2D eigenvalue weighted by Crippen LogP contribution is -2.11. The summed E-state index contributed by atoms with van der Waals surface area (Å²) in [5, 5.41) is 20.4. The van der Waals surface area contributed by atoms with Crippen LogP contribution in [-0.2, 0) is 0 Å². The van der Waals surface area contributed by atoms with Gasteiger partial charge in [-0.3, -0.25) is 9.89 Å². The number of aromatic nitrogens is 3. The van der Waals surface area contributed by atoms with Crippen molar-refractivity contribution < 1.29 is 19.2 Å². The Labute approximate surface area is 94.6 Å². The minimum atomic E-state index is -1.16. The van der Waals surface area contributed by atoms with Gasteiger partial charge in [-0.15, -0.1) is 0 Å². The van der Waals surface area contributed by atoms with Crippen LogP contribution in [0.15, 0.2) is 16.7 Å². The zero-order chi connectivity index (χ0) is 12.4. The van der Waals surface area contributed by atoms with Crippen molar-refractivity contribution in [1.29, 1.82) is 0 Å². The number of nitrogens with zero attached hydrogens (tertiary/aromatic N) is 2. The Hall–Kier alpha value is -2.64. The van der Waals surface area contributed by atoms with Crippen LogP contribution in [0.5, 0.6) is 0 Å². The van der Waals surface area contributed by atoms with Crippen molar-refractivity contribution in [1.82, 2.24) is 15.4 Å². The molecule has 0 aliphatic heterocycles. The van der Waals surface area contributed by atoms with E-state index in [1.165, 1.54) is 12.1 Å². The van der Waals surface area contributed by atoms with E-state index in [9.17, 15) is 9.59 Å². The lowest BCUT2D eigenvalue weighted by Gasteiger charge is -1.95. The van der Waals surface area contributed by atoms with E-state index in [0.717, 1.165) is 0 Å². The summed E-state index contributed by atoms with van der Waals surface area (Å²) in [5.41, 5.74) is 0.456. The fraction of sp³-hybridized carbons (Fsp3) is 0.111. The van der Waals surface area contributed by atoms with Crippen molar-refractivity contribution in [2.75, 3.05) is 5.32 Å². The second-order valence-electron chi connectivity index (χ2n) is 3.26. The van der Waals surface area contributed by atoms with Crippen LogP contribution in [0.2, 0.25) is 0 Å². The fourth-order valence-electron chi connectivity index (χ4n) is 1.14. The van der Waals surface area contributed by atoms with Crippen molar-refractivity contribution in [3.8, 4) is 0 Å². The van der Waals surface area contributed by atoms with Gasteiger partial charge in [-0.1, -0.05) is 5.16 Å². The molecule has 2 aromatic rings. The third-order valence-corrected chi connectivity index (χ3v) is 1.90. The van der Waals surface area contributed by atoms with E-state index >= 15 is 0 Å². The molecule has 0 saturated carbocycles. The van der Waals surface area contributed by atoms with Gasteiger partial charge in [0.25, 0.3) is 5.91 Å². The number of aromatic carboxylic acids is 1. The molecule has 0 spiro atoms. The van der Waals surface area contributed by atoms with Crippen molar-refractivity contribution in [3.63, 3.8) is 0 Å². The predicted molar refractivity (Wildman–Crippen MR) is 54.7 cm³/mol. The van der Waals surface area contributed by atoms with Gasteiger partial charge in [-0.05, 0) is 6.92 Å². The molecule has 1 amide bonds. The fourth-order valence-corrected chi connectivity index (χ4v) is 1.14. The van der Waals surface area contributed by atoms with Crippen LogP contribution in [0.1, 0.15) is 26.7 Å². The highest BCUT2D eigenvalue weighted by atomic mass is 16.5. The Morgan fingerprint density at radius 1 is 1.47 bits per heavy atom. The number of hydrogen-bond acceptors (Lipinski definition) is 5. The molecule has 2 rings (SSSR count). The van der Waals surface area contributed by atoms with Gasteiger partial charge in [-0.2, -0.15) is 5.10 Å². The number of rotatable bonds is 3. The van der Waals surface area contributed by atoms with E-state index in [4.69, 9.17) is 9.63 Å². The molecule has 0 bridgehead atoms. The van der Waals surface area contributed by atoms with Crippen LogP contribution >= 0.6 is 0 Å². The average Bonchev–Trinajstić information content (AvgIpc) is 2.86. The first kappa shape index (κ1) is 10.9. The standard InChI is InChI=1S/C9H8N4O4/c1-4-2-6(17-13-4)8(14)10-7-3-5(9(15)16)11-12-7/h2-3H,1H3,(H,15,16)(H2,10,11,12,14). The maximum absolute atomic E-state index is 11.6. The van der Waals surface area contributed by atoms with Gasteiger partial charge in [0.15, 0.2) is 5.82 Å². The number of aryl methyl sites for hydroxylation is 1. The average molecular weight is 236 g/mol. The van der Waals surface area contributed by atoms with Crippen molar-refractivity contribution >= 4 is 17.7 Å². The molecule has 0 atom stereocenters. The first-order valence-electron chi connectivity index (χ1n) is 4.59. The van der Waals surface area contributed by atoms with Gasteiger partial charge >= 0.3 is 5.97 Å². The maximum Gasteiger partial charge on any atom is 0.353 e. The lowest BCUT2D eigenvalue weighted by atomic mass is 10.3. The number of nitrogens with one attached hydrogen (secondary N) is 2. The Kier molecular flexibility index (Phi) is 2.61. The van der Waals surface area contributed by atoms with Crippen molar-refractivity contribution in [2.45, 2.75) is 6.92 Å². The molecule has 17 heavy (non-hydrogen) atoms. The lowest BCUT2D eigenvalue weighted by molar-refractivity contribution is 0.0690. The summed E-state index contributed by atoms with van der Waals surface area (Å²) in [6, 6.07) is 2.66. The van der Waals surface area contributed by atoms with E-state index in [1.807, 2.05) is 0 Å². The SMILES string of the molecule is Cc1cc(C(=O)Nc2cc(C(=O)O)[nH]n2)on1. The third-order valence-electron chi connectivity index (χ3n) is 1.90. The zero-order valence-corrected chi connectivity index (χ0v) is 8.72. The Morgan fingerprint density at radius 3 is 2.76 bits per heavy atom. The second-order valence-corrected chi connectivity index (χ2v) is 3.26. The summed E-state index contributed by atoms with van der Waals surface area (Å²) in [4.78, 5) is 22.1. The molecule has 0 aromatic carbocycles. The van der Waals surface area contributed by atoms with E-state index in [-0.39, 0.29) is 17.3 Å². The number of carboxylic acid groups (broad SMARTS) is 1. The number of carbonyl (C=O) groups excluding carboxylic acids is 1. The van der Waals surface area contributed by atoms with Crippen LogP contribution in [0.25, 0.3) is 0 Å². The summed E-state index contributed by atoms with van der Waals surface area (Å²) < 4.78 is 4.74. The highest BCUT2D eigenvalue weighted by Gasteiger charge is 2.14. The Balaban J connectivity index is 2.10. The molecule has 0 saturated heterocycles. The van der Waals surface area contributed by atoms with Crippen LogP contribution < -0.4 is 5.32 Å². The summed E-state index contributed by atoms with van der Waals surface area (Å²) >= 11 is 0. The molecule has 8 nitrogen and oxygen atoms in total. The number of anilines is 1. The van der Waals surface area contributed by atoms with E-state index < -0.39 is 11.9 Å². The van der Waals surface area contributed by atoms with E-state index in [2.05, 4.69) is 20.7 Å². The number of aromatic amines is 1.